The van der Waals surface area contributed by atoms with E-state index in [1.807, 2.05) is 13.0 Å². The number of likely N-dealkylation sites (N-methyl/N-ethyl adjacent to an activating group) is 1. The van der Waals surface area contributed by atoms with Crippen LogP contribution in [0.15, 0.2) is 18.2 Å². The van der Waals surface area contributed by atoms with Gasteiger partial charge in [0.25, 0.3) is 5.69 Å². The smallest absolute Gasteiger partial charge is 0.270 e. The Morgan fingerprint density at radius 2 is 2.25 bits per heavy atom. The molecule has 0 aliphatic rings. The summed E-state index contributed by atoms with van der Waals surface area (Å²) in [5.41, 5.74) is 0.517. The quantitative estimate of drug-likeness (QED) is 0.626. The third-order valence-electron chi connectivity index (χ3n) is 2.68. The fraction of sp³-hybridized carbons (Fsp3) is 0.385. The minimum absolute atomic E-state index is 0.0898. The Morgan fingerprint density at radius 3 is 2.80 bits per heavy atom. The third kappa shape index (κ3) is 3.95. The lowest BCUT2D eigenvalue weighted by atomic mass is 10.1. The van der Waals surface area contributed by atoms with Crippen molar-refractivity contribution in [2.24, 2.45) is 0 Å². The largest absolute Gasteiger partial charge is 0.364 e. The molecule has 1 aromatic carbocycles. The molecule has 1 N–H and O–H groups in total. The number of benzene rings is 1. The highest BCUT2D eigenvalue weighted by atomic mass is 16.6. The van der Waals surface area contributed by atoms with Gasteiger partial charge in [0.05, 0.1) is 22.7 Å². The van der Waals surface area contributed by atoms with Crippen molar-refractivity contribution in [1.29, 1.82) is 5.26 Å². The molecule has 0 unspecified atom stereocenters. The van der Waals surface area contributed by atoms with Crippen LogP contribution in [0.3, 0.4) is 0 Å². The van der Waals surface area contributed by atoms with E-state index in [4.69, 9.17) is 5.26 Å². The first-order chi connectivity index (χ1) is 9.49. The summed E-state index contributed by atoms with van der Waals surface area (Å²) in [7, 11) is 1.66. The molecule has 1 amide bonds. The van der Waals surface area contributed by atoms with E-state index in [2.05, 4.69) is 5.32 Å². The summed E-state index contributed by atoms with van der Waals surface area (Å²) in [4.78, 5) is 23.3. The SMILES string of the molecule is CCCNC(=O)CN(C)c1ccc([N+](=O)[O-])cc1C#N. The van der Waals surface area contributed by atoms with Crippen molar-refractivity contribution in [3.63, 3.8) is 0 Å². The number of hydrogen-bond donors (Lipinski definition) is 1. The van der Waals surface area contributed by atoms with Crippen molar-refractivity contribution in [2.45, 2.75) is 13.3 Å². The summed E-state index contributed by atoms with van der Waals surface area (Å²) in [5.74, 6) is -0.156. The summed E-state index contributed by atoms with van der Waals surface area (Å²) >= 11 is 0. The maximum absolute atomic E-state index is 11.6. The highest BCUT2D eigenvalue weighted by Gasteiger charge is 2.15. The van der Waals surface area contributed by atoms with Crippen LogP contribution in [0.2, 0.25) is 0 Å². The van der Waals surface area contributed by atoms with Crippen LogP contribution in [0, 0.1) is 21.4 Å². The van der Waals surface area contributed by atoms with Crippen molar-refractivity contribution in [1.82, 2.24) is 5.32 Å². The van der Waals surface area contributed by atoms with E-state index >= 15 is 0 Å². The van der Waals surface area contributed by atoms with Crippen LogP contribution in [0.4, 0.5) is 11.4 Å². The van der Waals surface area contributed by atoms with E-state index in [9.17, 15) is 14.9 Å². The Bertz CT molecular complexity index is 551. The highest BCUT2D eigenvalue weighted by Crippen LogP contribution is 2.23. The Labute approximate surface area is 117 Å². The summed E-state index contributed by atoms with van der Waals surface area (Å²) in [6.07, 6.45) is 0.844. The lowest BCUT2D eigenvalue weighted by Gasteiger charge is -2.19. The number of nitrogens with one attached hydrogen (secondary N) is 1. The van der Waals surface area contributed by atoms with Crippen molar-refractivity contribution < 1.29 is 9.72 Å². The third-order valence-corrected chi connectivity index (χ3v) is 2.68. The number of amides is 1. The van der Waals surface area contributed by atoms with Gasteiger partial charge in [-0.05, 0) is 12.5 Å². The molecular weight excluding hydrogens is 260 g/mol. The molecule has 0 radical (unpaired) electrons. The first kappa shape index (κ1) is 15.4. The van der Waals surface area contributed by atoms with Gasteiger partial charge in [-0.3, -0.25) is 14.9 Å². The van der Waals surface area contributed by atoms with E-state index in [-0.39, 0.29) is 23.7 Å². The monoisotopic (exact) mass is 276 g/mol. The van der Waals surface area contributed by atoms with Gasteiger partial charge in [-0.1, -0.05) is 6.92 Å². The van der Waals surface area contributed by atoms with Crippen LogP contribution >= 0.6 is 0 Å². The molecule has 7 nitrogen and oxygen atoms in total. The van der Waals surface area contributed by atoms with Gasteiger partial charge in [0, 0.05) is 25.7 Å². The number of nitrogens with zero attached hydrogens (tertiary/aromatic N) is 3. The number of rotatable bonds is 6. The number of non-ortho nitro benzene ring substituents is 1. The number of nitro benzene ring substituents is 1. The Kier molecular flexibility index (Phi) is 5.47. The molecule has 0 aromatic heterocycles. The molecule has 0 spiro atoms. The fourth-order valence-electron chi connectivity index (χ4n) is 1.68. The molecule has 20 heavy (non-hydrogen) atoms. The lowest BCUT2D eigenvalue weighted by Crippen LogP contribution is -2.35. The van der Waals surface area contributed by atoms with Gasteiger partial charge in [-0.2, -0.15) is 5.26 Å². The van der Waals surface area contributed by atoms with Crippen molar-refractivity contribution in [3.05, 3.63) is 33.9 Å². The molecule has 106 valence electrons. The molecule has 0 fully saturated rings. The zero-order valence-electron chi connectivity index (χ0n) is 11.4. The molecule has 0 bridgehead atoms. The standard InChI is InChI=1S/C13H16N4O3/c1-3-6-15-13(18)9-16(2)12-5-4-11(17(19)20)7-10(12)8-14/h4-5,7H,3,6,9H2,1-2H3,(H,15,18). The lowest BCUT2D eigenvalue weighted by molar-refractivity contribution is -0.384. The minimum atomic E-state index is -0.557. The second kappa shape index (κ2) is 7.09. The number of nitro groups is 1. The zero-order chi connectivity index (χ0) is 15.1. The number of carbonyl (C=O) groups excluding carboxylic acids is 1. The van der Waals surface area contributed by atoms with E-state index in [0.29, 0.717) is 12.2 Å². The van der Waals surface area contributed by atoms with Crippen molar-refractivity contribution >= 4 is 17.3 Å². The summed E-state index contributed by atoms with van der Waals surface area (Å²) in [6, 6.07) is 5.91. The van der Waals surface area contributed by atoms with E-state index in [0.717, 1.165) is 6.42 Å². The molecule has 1 rings (SSSR count). The van der Waals surface area contributed by atoms with Crippen molar-refractivity contribution in [3.8, 4) is 6.07 Å². The highest BCUT2D eigenvalue weighted by molar-refractivity contribution is 5.82. The molecule has 0 atom stereocenters. The van der Waals surface area contributed by atoms with Crippen LogP contribution in [0.5, 0.6) is 0 Å². The second-order valence-electron chi connectivity index (χ2n) is 4.28. The van der Waals surface area contributed by atoms with E-state index in [1.165, 1.54) is 18.2 Å². The van der Waals surface area contributed by atoms with Gasteiger partial charge in [-0.15, -0.1) is 0 Å². The Hall–Kier alpha value is -2.62. The van der Waals surface area contributed by atoms with Crippen LogP contribution in [-0.4, -0.2) is 31.0 Å². The summed E-state index contributed by atoms with van der Waals surface area (Å²) in [5, 5.41) is 22.4. The molecule has 0 saturated heterocycles. The molecule has 0 aliphatic carbocycles. The minimum Gasteiger partial charge on any atom is -0.364 e. The average molecular weight is 276 g/mol. The predicted octanol–water partition coefficient (Wildman–Crippen LogP) is 1.43. The molecule has 1 aromatic rings. The molecule has 0 heterocycles. The first-order valence-electron chi connectivity index (χ1n) is 6.16. The van der Waals surface area contributed by atoms with Crippen molar-refractivity contribution in [2.75, 3.05) is 25.0 Å². The number of anilines is 1. The Balaban J connectivity index is 2.88. The molecule has 0 aliphatic heterocycles. The zero-order valence-corrected chi connectivity index (χ0v) is 11.4. The maximum atomic E-state index is 11.6. The van der Waals surface area contributed by atoms with Gasteiger partial charge in [0.2, 0.25) is 5.91 Å². The van der Waals surface area contributed by atoms with E-state index < -0.39 is 4.92 Å². The van der Waals surface area contributed by atoms with Crippen LogP contribution in [-0.2, 0) is 4.79 Å². The Morgan fingerprint density at radius 1 is 1.55 bits per heavy atom. The van der Waals surface area contributed by atoms with Gasteiger partial charge < -0.3 is 10.2 Å². The first-order valence-corrected chi connectivity index (χ1v) is 6.16. The average Bonchev–Trinajstić information content (AvgIpc) is 2.44. The number of nitriles is 1. The van der Waals surface area contributed by atoms with Gasteiger partial charge in [0.15, 0.2) is 0 Å². The van der Waals surface area contributed by atoms with E-state index in [1.54, 1.807) is 11.9 Å². The molecular formula is C13H16N4O3. The number of hydrogen-bond acceptors (Lipinski definition) is 5. The van der Waals surface area contributed by atoms with Gasteiger partial charge in [-0.25, -0.2) is 0 Å². The van der Waals surface area contributed by atoms with Crippen LogP contribution < -0.4 is 10.2 Å². The number of carbonyl (C=O) groups is 1. The topological polar surface area (TPSA) is 99.3 Å². The predicted molar refractivity (Wildman–Crippen MR) is 74.4 cm³/mol. The normalized spacial score (nSPS) is 9.65. The van der Waals surface area contributed by atoms with Crippen LogP contribution in [0.1, 0.15) is 18.9 Å². The molecule has 7 heteroatoms. The maximum Gasteiger partial charge on any atom is 0.270 e. The summed E-state index contributed by atoms with van der Waals surface area (Å²) in [6.45, 7) is 2.64. The van der Waals surface area contributed by atoms with Crippen LogP contribution in [0.25, 0.3) is 0 Å². The molecule has 0 saturated carbocycles. The second-order valence-corrected chi connectivity index (χ2v) is 4.28. The van der Waals surface area contributed by atoms with Gasteiger partial charge >= 0.3 is 0 Å². The van der Waals surface area contributed by atoms with Gasteiger partial charge in [0.1, 0.15) is 6.07 Å². The summed E-state index contributed by atoms with van der Waals surface area (Å²) < 4.78 is 0. The fourth-order valence-corrected chi connectivity index (χ4v) is 1.68.